The molecule has 0 radical (unpaired) electrons. The highest BCUT2D eigenvalue weighted by molar-refractivity contribution is 5.05. The predicted molar refractivity (Wildman–Crippen MR) is 65.8 cm³/mol. The van der Waals surface area contributed by atoms with Crippen LogP contribution in [0, 0.1) is 11.8 Å². The van der Waals surface area contributed by atoms with Crippen molar-refractivity contribution in [2.45, 2.75) is 58.8 Å². The first-order valence-corrected chi connectivity index (χ1v) is 6.56. The van der Waals surface area contributed by atoms with Gasteiger partial charge in [0, 0.05) is 6.61 Å². The molecule has 0 aliphatic heterocycles. The summed E-state index contributed by atoms with van der Waals surface area (Å²) in [5.41, 5.74) is 1.56. The van der Waals surface area contributed by atoms with Crippen molar-refractivity contribution in [3.8, 4) is 0 Å². The Bertz CT molecular complexity index is 190. The summed E-state index contributed by atoms with van der Waals surface area (Å²) in [4.78, 5) is 0. The summed E-state index contributed by atoms with van der Waals surface area (Å²) >= 11 is 0. The van der Waals surface area contributed by atoms with Crippen LogP contribution in [0.5, 0.6) is 0 Å². The van der Waals surface area contributed by atoms with E-state index in [4.69, 9.17) is 5.11 Å². The van der Waals surface area contributed by atoms with E-state index in [1.807, 2.05) is 0 Å². The third-order valence-corrected chi connectivity index (χ3v) is 3.50. The highest BCUT2D eigenvalue weighted by Crippen LogP contribution is 2.27. The van der Waals surface area contributed by atoms with E-state index in [0.29, 0.717) is 12.5 Å². The lowest BCUT2D eigenvalue weighted by atomic mass is 9.86. The first-order valence-electron chi connectivity index (χ1n) is 6.56. The quantitative estimate of drug-likeness (QED) is 0.682. The van der Waals surface area contributed by atoms with Gasteiger partial charge in [-0.05, 0) is 37.5 Å². The second-order valence-electron chi connectivity index (χ2n) is 5.07. The van der Waals surface area contributed by atoms with E-state index in [2.05, 4.69) is 19.9 Å². The molecule has 1 fully saturated rings. The van der Waals surface area contributed by atoms with Crippen LogP contribution in [0.3, 0.4) is 0 Å². The molecule has 1 aliphatic carbocycles. The smallest absolute Gasteiger partial charge is 0.0459 e. The number of aliphatic hydroxyl groups excluding tert-OH is 1. The molecule has 1 N–H and O–H groups in total. The molecule has 0 saturated heterocycles. The zero-order valence-corrected chi connectivity index (χ0v) is 10.3. The molecule has 0 spiro atoms. The Balaban J connectivity index is 2.44. The molecule has 1 aliphatic rings. The molecule has 1 rings (SSSR count). The Morgan fingerprint density at radius 2 is 2.00 bits per heavy atom. The maximum Gasteiger partial charge on any atom is 0.0459 e. The second kappa shape index (κ2) is 7.05. The van der Waals surface area contributed by atoms with E-state index in [9.17, 15) is 0 Å². The fourth-order valence-electron chi connectivity index (χ4n) is 2.48. The van der Waals surface area contributed by atoms with Crippen LogP contribution in [0.4, 0.5) is 0 Å². The van der Waals surface area contributed by atoms with Gasteiger partial charge >= 0.3 is 0 Å². The van der Waals surface area contributed by atoms with Crippen molar-refractivity contribution < 1.29 is 5.11 Å². The van der Waals surface area contributed by atoms with Crippen LogP contribution in [0.2, 0.25) is 0 Å². The topological polar surface area (TPSA) is 20.2 Å². The number of aliphatic hydroxyl groups is 1. The van der Waals surface area contributed by atoms with Gasteiger partial charge in [-0.25, -0.2) is 0 Å². The summed E-state index contributed by atoms with van der Waals surface area (Å²) in [5.74, 6) is 1.26. The van der Waals surface area contributed by atoms with Gasteiger partial charge in [0.2, 0.25) is 0 Å². The highest BCUT2D eigenvalue weighted by Gasteiger charge is 2.12. The molecule has 0 aromatic carbocycles. The van der Waals surface area contributed by atoms with Crippen LogP contribution < -0.4 is 0 Å². The van der Waals surface area contributed by atoms with Crippen LogP contribution in [-0.2, 0) is 0 Å². The van der Waals surface area contributed by atoms with Crippen molar-refractivity contribution in [2.24, 2.45) is 11.8 Å². The van der Waals surface area contributed by atoms with Gasteiger partial charge in [0.15, 0.2) is 0 Å². The minimum Gasteiger partial charge on any atom is -0.396 e. The summed E-state index contributed by atoms with van der Waals surface area (Å²) in [6.45, 7) is 4.69. The molecular formula is C14H26O. The van der Waals surface area contributed by atoms with Crippen molar-refractivity contribution in [3.05, 3.63) is 11.6 Å². The van der Waals surface area contributed by atoms with Crippen LogP contribution in [-0.4, -0.2) is 11.7 Å². The lowest BCUT2D eigenvalue weighted by Gasteiger charge is -2.20. The molecule has 1 unspecified atom stereocenters. The van der Waals surface area contributed by atoms with Crippen molar-refractivity contribution in [1.29, 1.82) is 0 Å². The van der Waals surface area contributed by atoms with Gasteiger partial charge in [-0.2, -0.15) is 0 Å². The molecule has 0 amide bonds. The molecule has 0 aromatic heterocycles. The minimum atomic E-state index is 0.321. The second-order valence-corrected chi connectivity index (χ2v) is 5.07. The Kier molecular flexibility index (Phi) is 6.00. The van der Waals surface area contributed by atoms with E-state index in [1.165, 1.54) is 32.1 Å². The predicted octanol–water partition coefficient (Wildman–Crippen LogP) is 3.92. The van der Waals surface area contributed by atoms with E-state index in [-0.39, 0.29) is 0 Å². The van der Waals surface area contributed by atoms with Crippen molar-refractivity contribution in [3.63, 3.8) is 0 Å². The Morgan fingerprint density at radius 1 is 1.33 bits per heavy atom. The van der Waals surface area contributed by atoms with Gasteiger partial charge in [-0.1, -0.05) is 44.8 Å². The SMILES string of the molecule is CC/C(=C\C1CCCCC1)CC(C)CO. The van der Waals surface area contributed by atoms with E-state index >= 15 is 0 Å². The average Bonchev–Trinajstić information content (AvgIpc) is 2.29. The third-order valence-electron chi connectivity index (χ3n) is 3.50. The minimum absolute atomic E-state index is 0.321. The van der Waals surface area contributed by atoms with Gasteiger partial charge in [0.1, 0.15) is 0 Å². The van der Waals surface area contributed by atoms with Crippen LogP contribution in [0.25, 0.3) is 0 Å². The number of rotatable bonds is 5. The molecule has 1 saturated carbocycles. The molecule has 0 bridgehead atoms. The molecule has 1 atom stereocenters. The van der Waals surface area contributed by atoms with Crippen LogP contribution >= 0.6 is 0 Å². The molecule has 1 heteroatoms. The lowest BCUT2D eigenvalue weighted by Crippen LogP contribution is -2.06. The molecule has 0 aromatic rings. The molecular weight excluding hydrogens is 184 g/mol. The lowest BCUT2D eigenvalue weighted by molar-refractivity contribution is 0.236. The monoisotopic (exact) mass is 210 g/mol. The van der Waals surface area contributed by atoms with Crippen molar-refractivity contribution in [1.82, 2.24) is 0 Å². The third kappa shape index (κ3) is 4.83. The summed E-state index contributed by atoms with van der Waals surface area (Å²) in [6, 6.07) is 0. The summed E-state index contributed by atoms with van der Waals surface area (Å²) in [5, 5.41) is 9.06. The molecule has 15 heavy (non-hydrogen) atoms. The van der Waals surface area contributed by atoms with Gasteiger partial charge in [0.25, 0.3) is 0 Å². The zero-order chi connectivity index (χ0) is 11.1. The Morgan fingerprint density at radius 3 is 2.53 bits per heavy atom. The van der Waals surface area contributed by atoms with Gasteiger partial charge in [-0.15, -0.1) is 0 Å². The molecule has 1 nitrogen and oxygen atoms in total. The molecule has 0 heterocycles. The molecule has 88 valence electrons. The van der Waals surface area contributed by atoms with Gasteiger partial charge in [0.05, 0.1) is 0 Å². The van der Waals surface area contributed by atoms with E-state index < -0.39 is 0 Å². The fraction of sp³-hybridized carbons (Fsp3) is 0.857. The van der Waals surface area contributed by atoms with Crippen molar-refractivity contribution in [2.75, 3.05) is 6.61 Å². The first-order chi connectivity index (χ1) is 7.26. The maximum atomic E-state index is 9.06. The maximum absolute atomic E-state index is 9.06. The van der Waals surface area contributed by atoms with Crippen molar-refractivity contribution >= 4 is 0 Å². The highest BCUT2D eigenvalue weighted by atomic mass is 16.3. The Hall–Kier alpha value is -0.300. The fourth-order valence-corrected chi connectivity index (χ4v) is 2.48. The van der Waals surface area contributed by atoms with Gasteiger partial charge in [-0.3, -0.25) is 0 Å². The number of hydrogen-bond donors (Lipinski definition) is 1. The number of hydrogen-bond acceptors (Lipinski definition) is 1. The summed E-state index contributed by atoms with van der Waals surface area (Å²) in [7, 11) is 0. The Labute approximate surface area is 94.6 Å². The van der Waals surface area contributed by atoms with Crippen LogP contribution in [0.1, 0.15) is 58.8 Å². The summed E-state index contributed by atoms with van der Waals surface area (Å²) < 4.78 is 0. The summed E-state index contributed by atoms with van der Waals surface area (Å²) in [6.07, 6.45) is 11.8. The first kappa shape index (κ1) is 12.8. The van der Waals surface area contributed by atoms with E-state index in [1.54, 1.807) is 5.57 Å². The van der Waals surface area contributed by atoms with Crippen LogP contribution in [0.15, 0.2) is 11.6 Å². The van der Waals surface area contributed by atoms with E-state index in [0.717, 1.165) is 18.8 Å². The largest absolute Gasteiger partial charge is 0.396 e. The average molecular weight is 210 g/mol. The van der Waals surface area contributed by atoms with Gasteiger partial charge < -0.3 is 5.11 Å². The normalized spacial score (nSPS) is 21.7. The zero-order valence-electron chi connectivity index (χ0n) is 10.3. The number of allylic oxidation sites excluding steroid dienone is 2. The standard InChI is InChI=1S/C14H26O/c1-3-13(9-12(2)11-15)10-14-7-5-4-6-8-14/h10,12,14-15H,3-9,11H2,1-2H3/b13-10+.